The molecule has 1 aromatic carbocycles. The Labute approximate surface area is 177 Å². The third-order valence-corrected chi connectivity index (χ3v) is 5.14. The minimum absolute atomic E-state index is 0.180. The van der Waals surface area contributed by atoms with E-state index in [1.807, 2.05) is 30.5 Å². The normalized spacial score (nSPS) is 15.7. The lowest BCUT2D eigenvalue weighted by molar-refractivity contribution is 0.0274. The first-order chi connectivity index (χ1) is 15.0. The predicted molar refractivity (Wildman–Crippen MR) is 113 cm³/mol. The summed E-state index contributed by atoms with van der Waals surface area (Å²) >= 11 is 0. The van der Waals surface area contributed by atoms with E-state index >= 15 is 0 Å². The molecular weight excluding hydrogens is 400 g/mol. The van der Waals surface area contributed by atoms with Crippen molar-refractivity contribution in [3.63, 3.8) is 0 Å². The molecule has 10 heteroatoms. The van der Waals surface area contributed by atoms with Gasteiger partial charge in [-0.1, -0.05) is 6.07 Å². The Morgan fingerprint density at radius 1 is 1.29 bits per heavy atom. The average molecular weight is 422 g/mol. The van der Waals surface area contributed by atoms with Crippen LogP contribution in [0.4, 0.5) is 0 Å². The van der Waals surface area contributed by atoms with E-state index in [4.69, 9.17) is 14.2 Å². The molecule has 0 spiro atoms. The van der Waals surface area contributed by atoms with Gasteiger partial charge in [0.1, 0.15) is 18.6 Å². The second kappa shape index (κ2) is 7.55. The number of methoxy groups -OCH3 is 1. The van der Waals surface area contributed by atoms with Gasteiger partial charge >= 0.3 is 0 Å². The molecule has 1 atom stereocenters. The molecule has 0 saturated carbocycles. The third-order valence-electron chi connectivity index (χ3n) is 5.14. The van der Waals surface area contributed by atoms with Crippen LogP contribution in [0.2, 0.25) is 0 Å². The SMILES string of the molecule is COCC1COc2cc3c(=O)n(-c4cccc(-c5nncn5C(C)C)n4)[nH]c3cc2O1. The molecular formula is C21H22N6O4. The predicted octanol–water partition coefficient (Wildman–Crippen LogP) is 2.34. The van der Waals surface area contributed by atoms with Crippen molar-refractivity contribution in [1.29, 1.82) is 0 Å². The van der Waals surface area contributed by atoms with Crippen LogP contribution in [0.5, 0.6) is 11.5 Å². The highest BCUT2D eigenvalue weighted by molar-refractivity contribution is 5.82. The van der Waals surface area contributed by atoms with E-state index in [2.05, 4.69) is 20.3 Å². The molecule has 0 bridgehead atoms. The van der Waals surface area contributed by atoms with E-state index in [0.29, 0.717) is 53.0 Å². The molecule has 1 unspecified atom stereocenters. The van der Waals surface area contributed by atoms with E-state index in [9.17, 15) is 4.79 Å². The lowest BCUT2D eigenvalue weighted by atomic mass is 10.2. The minimum atomic E-state index is -0.226. The summed E-state index contributed by atoms with van der Waals surface area (Å²) in [6, 6.07) is 9.08. The van der Waals surface area contributed by atoms with Gasteiger partial charge in [0.15, 0.2) is 29.2 Å². The first kappa shape index (κ1) is 19.3. The van der Waals surface area contributed by atoms with Crippen molar-refractivity contribution in [1.82, 2.24) is 29.5 Å². The highest BCUT2D eigenvalue weighted by Crippen LogP contribution is 2.34. The van der Waals surface area contributed by atoms with Gasteiger partial charge in [-0.3, -0.25) is 9.89 Å². The first-order valence-corrected chi connectivity index (χ1v) is 9.99. The summed E-state index contributed by atoms with van der Waals surface area (Å²) in [6.07, 6.45) is 1.48. The van der Waals surface area contributed by atoms with Gasteiger partial charge in [-0.2, -0.15) is 0 Å². The Kier molecular flexibility index (Phi) is 4.70. The van der Waals surface area contributed by atoms with Gasteiger partial charge in [0.25, 0.3) is 5.56 Å². The smallest absolute Gasteiger partial charge is 0.280 e. The number of H-pyrrole nitrogens is 1. The van der Waals surface area contributed by atoms with Crippen LogP contribution < -0.4 is 15.0 Å². The maximum atomic E-state index is 13.1. The molecule has 3 aromatic heterocycles. The topological polar surface area (TPSA) is 109 Å². The van der Waals surface area contributed by atoms with Crippen LogP contribution in [-0.2, 0) is 4.74 Å². The van der Waals surface area contributed by atoms with E-state index < -0.39 is 0 Å². The van der Waals surface area contributed by atoms with Crippen molar-refractivity contribution in [3.05, 3.63) is 47.0 Å². The molecule has 0 fully saturated rings. The molecule has 4 aromatic rings. The van der Waals surface area contributed by atoms with Gasteiger partial charge in [0, 0.05) is 19.2 Å². The third kappa shape index (κ3) is 3.34. The van der Waals surface area contributed by atoms with Crippen molar-refractivity contribution >= 4 is 10.9 Å². The Balaban J connectivity index is 1.56. The number of nitrogens with one attached hydrogen (secondary N) is 1. The van der Waals surface area contributed by atoms with Gasteiger partial charge in [-0.15, -0.1) is 10.2 Å². The zero-order chi connectivity index (χ0) is 21.5. The molecule has 0 radical (unpaired) electrons. The van der Waals surface area contributed by atoms with Crippen molar-refractivity contribution < 1.29 is 14.2 Å². The van der Waals surface area contributed by atoms with Gasteiger partial charge in [0.2, 0.25) is 0 Å². The van der Waals surface area contributed by atoms with Gasteiger partial charge in [0.05, 0.1) is 17.5 Å². The van der Waals surface area contributed by atoms with Crippen molar-refractivity contribution in [3.8, 4) is 28.8 Å². The Morgan fingerprint density at radius 2 is 2.16 bits per heavy atom. The summed E-state index contributed by atoms with van der Waals surface area (Å²) in [7, 11) is 1.62. The molecule has 1 aliphatic heterocycles. The number of aromatic amines is 1. The van der Waals surface area contributed by atoms with Gasteiger partial charge in [-0.25, -0.2) is 9.67 Å². The molecule has 1 aliphatic rings. The summed E-state index contributed by atoms with van der Waals surface area (Å²) in [5, 5.41) is 11.8. The zero-order valence-corrected chi connectivity index (χ0v) is 17.4. The second-order valence-electron chi connectivity index (χ2n) is 7.64. The molecule has 0 amide bonds. The zero-order valence-electron chi connectivity index (χ0n) is 17.4. The molecule has 160 valence electrons. The van der Waals surface area contributed by atoms with Crippen molar-refractivity contribution in [2.24, 2.45) is 0 Å². The average Bonchev–Trinajstić information content (AvgIpc) is 3.38. The first-order valence-electron chi connectivity index (χ1n) is 9.99. The highest BCUT2D eigenvalue weighted by Gasteiger charge is 2.23. The number of rotatable bonds is 5. The van der Waals surface area contributed by atoms with Crippen molar-refractivity contribution in [2.45, 2.75) is 26.0 Å². The lowest BCUT2D eigenvalue weighted by Crippen LogP contribution is -2.32. The number of fused-ring (bicyclic) bond motifs is 2. The van der Waals surface area contributed by atoms with Gasteiger partial charge in [-0.05, 0) is 32.0 Å². The van der Waals surface area contributed by atoms with E-state index in [1.54, 1.807) is 31.6 Å². The second-order valence-corrected chi connectivity index (χ2v) is 7.64. The standard InChI is InChI=1S/C21H22N6O4/c1-12(2)26-11-22-24-20(26)15-5-4-6-19(23-15)27-21(28)14-7-17-18(8-16(14)25-27)31-13(9-29-3)10-30-17/h4-8,11-13,25H,9-10H2,1-3H3. The Hall–Kier alpha value is -3.66. The minimum Gasteiger partial charge on any atom is -0.486 e. The van der Waals surface area contributed by atoms with Crippen LogP contribution in [0.15, 0.2) is 41.5 Å². The number of pyridine rings is 1. The molecule has 4 heterocycles. The van der Waals surface area contributed by atoms with E-state index in [1.165, 1.54) is 4.68 Å². The number of hydrogen-bond acceptors (Lipinski definition) is 7. The van der Waals surface area contributed by atoms with E-state index in [0.717, 1.165) is 0 Å². The summed E-state index contributed by atoms with van der Waals surface area (Å²) < 4.78 is 20.2. The van der Waals surface area contributed by atoms with Crippen LogP contribution in [0.3, 0.4) is 0 Å². The summed E-state index contributed by atoms with van der Waals surface area (Å²) in [5.41, 5.74) is 1.03. The van der Waals surface area contributed by atoms with Crippen molar-refractivity contribution in [2.75, 3.05) is 20.3 Å². The maximum Gasteiger partial charge on any atom is 0.280 e. The van der Waals surface area contributed by atoms with Crippen LogP contribution >= 0.6 is 0 Å². The number of hydrogen-bond donors (Lipinski definition) is 1. The molecule has 5 rings (SSSR count). The Bertz CT molecular complexity index is 1300. The monoisotopic (exact) mass is 422 g/mol. The molecule has 1 N–H and O–H groups in total. The molecule has 0 aliphatic carbocycles. The Morgan fingerprint density at radius 3 is 2.97 bits per heavy atom. The fourth-order valence-electron chi connectivity index (χ4n) is 3.63. The molecule has 31 heavy (non-hydrogen) atoms. The quantitative estimate of drug-likeness (QED) is 0.526. The van der Waals surface area contributed by atoms with Crippen LogP contribution in [0.1, 0.15) is 19.9 Å². The lowest BCUT2D eigenvalue weighted by Gasteiger charge is -2.25. The molecule has 0 saturated heterocycles. The van der Waals surface area contributed by atoms with E-state index in [-0.39, 0.29) is 17.7 Å². The number of nitrogens with zero attached hydrogens (tertiary/aromatic N) is 5. The fraction of sp³-hybridized carbons (Fsp3) is 0.333. The maximum absolute atomic E-state index is 13.1. The van der Waals surface area contributed by atoms with Crippen LogP contribution in [0.25, 0.3) is 28.2 Å². The summed E-state index contributed by atoms with van der Waals surface area (Å²) in [4.78, 5) is 17.7. The summed E-state index contributed by atoms with van der Waals surface area (Å²) in [5.74, 6) is 2.20. The number of benzene rings is 1. The van der Waals surface area contributed by atoms with Crippen LogP contribution in [-0.4, -0.2) is 56.0 Å². The largest absolute Gasteiger partial charge is 0.486 e. The summed E-state index contributed by atoms with van der Waals surface area (Å²) in [6.45, 7) is 4.88. The number of ether oxygens (including phenoxy) is 3. The fourth-order valence-corrected chi connectivity index (χ4v) is 3.63. The molecule has 10 nitrogen and oxygen atoms in total. The van der Waals surface area contributed by atoms with Gasteiger partial charge < -0.3 is 18.8 Å². The highest BCUT2D eigenvalue weighted by atomic mass is 16.6. The number of aromatic nitrogens is 6. The van der Waals surface area contributed by atoms with Crippen LogP contribution in [0, 0.1) is 0 Å².